The van der Waals surface area contributed by atoms with Crippen LogP contribution < -0.4 is 0 Å². The fourth-order valence-electron chi connectivity index (χ4n) is 1.96. The molecule has 0 fully saturated rings. The van der Waals surface area contributed by atoms with E-state index in [-0.39, 0.29) is 0 Å². The molecular formula is C17H32. The lowest BCUT2D eigenvalue weighted by molar-refractivity contribution is 0.566. The second-order valence-electron chi connectivity index (χ2n) is 4.88. The molecule has 0 heteroatoms. The molecule has 0 saturated heterocycles. The highest BCUT2D eigenvalue weighted by molar-refractivity contribution is 5.01. The lowest BCUT2D eigenvalue weighted by Crippen LogP contribution is -1.80. The van der Waals surface area contributed by atoms with Gasteiger partial charge in [0.2, 0.25) is 0 Å². The molecule has 0 rings (SSSR count). The van der Waals surface area contributed by atoms with Gasteiger partial charge in [0.05, 0.1) is 0 Å². The molecule has 0 aromatic heterocycles. The van der Waals surface area contributed by atoms with Gasteiger partial charge in [0.25, 0.3) is 0 Å². The number of unbranched alkanes of at least 4 members (excludes halogenated alkanes) is 9. The van der Waals surface area contributed by atoms with Gasteiger partial charge in [0.15, 0.2) is 0 Å². The molecule has 0 unspecified atom stereocenters. The van der Waals surface area contributed by atoms with E-state index in [2.05, 4.69) is 38.2 Å². The molecular weight excluding hydrogens is 204 g/mol. The Hall–Kier alpha value is -0.520. The van der Waals surface area contributed by atoms with Crippen LogP contribution >= 0.6 is 0 Å². The molecule has 0 bridgehead atoms. The van der Waals surface area contributed by atoms with Crippen molar-refractivity contribution < 1.29 is 0 Å². The van der Waals surface area contributed by atoms with Gasteiger partial charge in [-0.1, -0.05) is 89.5 Å². The minimum absolute atomic E-state index is 1.14. The van der Waals surface area contributed by atoms with Gasteiger partial charge in [-0.15, -0.1) is 0 Å². The molecule has 0 aliphatic carbocycles. The first-order valence-electron chi connectivity index (χ1n) is 7.73. The lowest BCUT2D eigenvalue weighted by atomic mass is 10.1. The maximum absolute atomic E-state index is 2.30. The Kier molecular flexibility index (Phi) is 15.0. The first kappa shape index (κ1) is 16.5. The van der Waals surface area contributed by atoms with Gasteiger partial charge in [-0.3, -0.25) is 0 Å². The minimum atomic E-state index is 1.14. The van der Waals surface area contributed by atoms with Crippen LogP contribution in [0.15, 0.2) is 24.3 Å². The minimum Gasteiger partial charge on any atom is -0.0848 e. The van der Waals surface area contributed by atoms with Crippen LogP contribution in [-0.4, -0.2) is 0 Å². The normalized spacial score (nSPS) is 11.9. The molecule has 0 aromatic rings. The molecule has 17 heavy (non-hydrogen) atoms. The zero-order valence-electron chi connectivity index (χ0n) is 12.1. The third-order valence-corrected chi connectivity index (χ3v) is 3.09. The first-order chi connectivity index (χ1) is 8.41. The quantitative estimate of drug-likeness (QED) is 0.270. The highest BCUT2D eigenvalue weighted by Crippen LogP contribution is 2.10. The van der Waals surface area contributed by atoms with Gasteiger partial charge < -0.3 is 0 Å². The molecule has 0 radical (unpaired) electrons. The van der Waals surface area contributed by atoms with E-state index in [1.54, 1.807) is 0 Å². The molecule has 0 nitrogen and oxygen atoms in total. The van der Waals surface area contributed by atoms with Gasteiger partial charge in [-0.05, 0) is 19.3 Å². The predicted molar refractivity (Wildman–Crippen MR) is 80.4 cm³/mol. The summed E-state index contributed by atoms with van der Waals surface area (Å²) in [4.78, 5) is 0. The van der Waals surface area contributed by atoms with E-state index in [1.807, 2.05) is 0 Å². The largest absolute Gasteiger partial charge is 0.0848 e. The number of hydrogen-bond donors (Lipinski definition) is 0. The van der Waals surface area contributed by atoms with Crippen molar-refractivity contribution in [2.75, 3.05) is 0 Å². The summed E-state index contributed by atoms with van der Waals surface area (Å²) in [5.74, 6) is 0. The number of hydrogen-bond acceptors (Lipinski definition) is 0. The lowest BCUT2D eigenvalue weighted by Gasteiger charge is -2.00. The second kappa shape index (κ2) is 15.5. The molecule has 0 heterocycles. The zero-order valence-corrected chi connectivity index (χ0v) is 12.1. The van der Waals surface area contributed by atoms with Crippen molar-refractivity contribution in [2.45, 2.75) is 84.5 Å². The zero-order chi connectivity index (χ0) is 12.6. The summed E-state index contributed by atoms with van der Waals surface area (Å²) in [6, 6.07) is 0. The Bertz CT molecular complexity index is 176. The molecule has 0 aromatic carbocycles. The van der Waals surface area contributed by atoms with Crippen LogP contribution in [0.4, 0.5) is 0 Å². The molecule has 0 saturated carbocycles. The Morgan fingerprint density at radius 3 is 1.71 bits per heavy atom. The summed E-state index contributed by atoms with van der Waals surface area (Å²) < 4.78 is 0. The van der Waals surface area contributed by atoms with Gasteiger partial charge in [0.1, 0.15) is 0 Å². The van der Waals surface area contributed by atoms with E-state index in [4.69, 9.17) is 0 Å². The van der Waals surface area contributed by atoms with E-state index in [0.717, 1.165) is 6.42 Å². The summed E-state index contributed by atoms with van der Waals surface area (Å²) >= 11 is 0. The van der Waals surface area contributed by atoms with Crippen LogP contribution in [0.5, 0.6) is 0 Å². The summed E-state index contributed by atoms with van der Waals surface area (Å²) in [7, 11) is 0. The molecule has 0 aliphatic heterocycles. The van der Waals surface area contributed by atoms with Crippen LogP contribution in [0.2, 0.25) is 0 Å². The molecule has 0 atom stereocenters. The Labute approximate surface area is 109 Å². The van der Waals surface area contributed by atoms with Crippen molar-refractivity contribution in [3.8, 4) is 0 Å². The van der Waals surface area contributed by atoms with Gasteiger partial charge in [-0.2, -0.15) is 0 Å². The number of rotatable bonds is 12. The van der Waals surface area contributed by atoms with Gasteiger partial charge in [-0.25, -0.2) is 0 Å². The molecule has 100 valence electrons. The summed E-state index contributed by atoms with van der Waals surface area (Å²) in [5, 5.41) is 0. The van der Waals surface area contributed by atoms with Crippen molar-refractivity contribution in [3.05, 3.63) is 24.3 Å². The highest BCUT2D eigenvalue weighted by Gasteiger charge is 1.90. The molecule has 0 spiro atoms. The van der Waals surface area contributed by atoms with E-state index in [1.165, 1.54) is 64.2 Å². The van der Waals surface area contributed by atoms with Crippen molar-refractivity contribution in [1.82, 2.24) is 0 Å². The highest BCUT2D eigenvalue weighted by atomic mass is 14.0. The average molecular weight is 236 g/mol. The summed E-state index contributed by atoms with van der Waals surface area (Å²) in [6.45, 7) is 4.45. The fraction of sp³-hybridized carbons (Fsp3) is 0.765. The fourth-order valence-corrected chi connectivity index (χ4v) is 1.96. The van der Waals surface area contributed by atoms with E-state index >= 15 is 0 Å². The third-order valence-electron chi connectivity index (χ3n) is 3.09. The van der Waals surface area contributed by atoms with Crippen molar-refractivity contribution in [2.24, 2.45) is 0 Å². The summed E-state index contributed by atoms with van der Waals surface area (Å²) in [5.41, 5.74) is 0. The van der Waals surface area contributed by atoms with Crippen LogP contribution in [0.25, 0.3) is 0 Å². The number of allylic oxidation sites excluding steroid dienone is 4. The molecule has 0 amide bonds. The topological polar surface area (TPSA) is 0 Å². The molecule has 0 aliphatic rings. The Morgan fingerprint density at radius 1 is 0.588 bits per heavy atom. The Morgan fingerprint density at radius 2 is 1.12 bits per heavy atom. The second-order valence-corrected chi connectivity index (χ2v) is 4.88. The SMILES string of the molecule is CCC=C/C=C/CCCCCCCCCCC. The van der Waals surface area contributed by atoms with Crippen LogP contribution in [0.1, 0.15) is 84.5 Å². The monoisotopic (exact) mass is 236 g/mol. The van der Waals surface area contributed by atoms with Crippen LogP contribution in [-0.2, 0) is 0 Å². The van der Waals surface area contributed by atoms with E-state index < -0.39 is 0 Å². The maximum atomic E-state index is 2.30. The first-order valence-corrected chi connectivity index (χ1v) is 7.73. The van der Waals surface area contributed by atoms with Crippen LogP contribution in [0, 0.1) is 0 Å². The van der Waals surface area contributed by atoms with Crippen molar-refractivity contribution in [1.29, 1.82) is 0 Å². The summed E-state index contributed by atoms with van der Waals surface area (Å²) in [6.07, 6.45) is 24.0. The van der Waals surface area contributed by atoms with Gasteiger partial charge in [0, 0.05) is 0 Å². The molecule has 0 N–H and O–H groups in total. The van der Waals surface area contributed by atoms with Crippen molar-refractivity contribution >= 4 is 0 Å². The van der Waals surface area contributed by atoms with Gasteiger partial charge >= 0.3 is 0 Å². The maximum Gasteiger partial charge on any atom is -0.0348 e. The Balaban J connectivity index is 3.03. The van der Waals surface area contributed by atoms with Crippen molar-refractivity contribution in [3.63, 3.8) is 0 Å². The average Bonchev–Trinajstić information content (AvgIpc) is 2.35. The third kappa shape index (κ3) is 15.5. The van der Waals surface area contributed by atoms with E-state index in [9.17, 15) is 0 Å². The smallest absolute Gasteiger partial charge is 0.0348 e. The standard InChI is InChI=1S/C17H32/c1-3-5-7-9-11-13-15-17-16-14-12-10-8-6-4-2/h5,7,9,11H,3-4,6,8,10,12-17H2,1-2H3/b7-5?,11-9+. The van der Waals surface area contributed by atoms with E-state index in [0.29, 0.717) is 0 Å². The predicted octanol–water partition coefficient (Wildman–Crippen LogP) is 6.43. The van der Waals surface area contributed by atoms with Crippen LogP contribution in [0.3, 0.4) is 0 Å².